The van der Waals surface area contributed by atoms with Crippen LogP contribution in [0.4, 0.5) is 0 Å². The second-order valence-electron chi connectivity index (χ2n) is 30.0. The number of para-hydroxylation sites is 4. The zero-order valence-corrected chi connectivity index (χ0v) is 62.8. The average Bonchev–Trinajstić information content (AvgIpc) is 1.55. The minimum absolute atomic E-state index is 0.702. The van der Waals surface area contributed by atoms with Crippen molar-refractivity contribution in [3.8, 4) is 90.6 Å². The third-order valence-electron chi connectivity index (χ3n) is 23.4. The van der Waals surface area contributed by atoms with Crippen molar-refractivity contribution < 1.29 is 0 Å². The third kappa shape index (κ3) is 10.9. The number of rotatable bonds is 10. The largest absolute Gasteiger partial charge is 0.309 e. The van der Waals surface area contributed by atoms with Crippen LogP contribution in [0.25, 0.3) is 221 Å². The molecule has 0 amide bonds. The first-order chi connectivity index (χ1) is 57.5. The van der Waals surface area contributed by atoms with E-state index in [9.17, 15) is 0 Å². The van der Waals surface area contributed by atoms with Crippen LogP contribution >= 0.6 is 0 Å². The van der Waals surface area contributed by atoms with E-state index in [1.807, 2.05) is 36.4 Å². The first-order valence-electron chi connectivity index (χ1n) is 39.5. The summed E-state index contributed by atoms with van der Waals surface area (Å²) < 4.78 is 9.86. The van der Waals surface area contributed by atoms with Gasteiger partial charge >= 0.3 is 0 Å². The summed E-state index contributed by atoms with van der Waals surface area (Å²) in [7, 11) is 0. The highest BCUT2D eigenvalue weighted by Crippen LogP contribution is 2.47. The van der Waals surface area contributed by atoms with Gasteiger partial charge in [0, 0.05) is 98.6 Å². The molecule has 0 saturated heterocycles. The van der Waals surface area contributed by atoms with Crippen LogP contribution in [0.1, 0.15) is 0 Å². The van der Waals surface area contributed by atoms with Crippen molar-refractivity contribution in [2.75, 3.05) is 0 Å². The molecule has 540 valence electrons. The molecule has 18 aromatic carbocycles. The molecule has 6 heterocycles. The third-order valence-corrected chi connectivity index (χ3v) is 23.4. The van der Waals surface area contributed by atoms with Crippen LogP contribution in [-0.2, 0) is 0 Å². The fraction of sp³-hybridized carbons (Fsp3) is 0. The molecule has 0 fully saturated rings. The van der Waals surface area contributed by atoms with Gasteiger partial charge in [0.25, 0.3) is 0 Å². The Balaban J connectivity index is 0.000000137. The number of benzene rings is 18. The Morgan fingerprint density at radius 1 is 0.164 bits per heavy atom. The van der Waals surface area contributed by atoms with Gasteiger partial charge in [0.05, 0.1) is 78.3 Å². The smallest absolute Gasteiger partial charge is 0.160 e. The summed E-state index contributed by atoms with van der Waals surface area (Å²) in [5.74, 6) is 1.41. The van der Waals surface area contributed by atoms with Crippen LogP contribution in [0.3, 0.4) is 0 Å². The SMILES string of the molecule is c1ccc(-c2cc(-c3ccc4c(-n5c6ccccc6c6c5ccc5c7ccccc7n(-c7ccc8ccccc8c7)c56)cccc4c3)nc(-c3ccccc3)n2)cc1.c1ccc(-c2cc(-c3ccccc3)nc(-c3ccc4c(-n5c6ccccc6c6c5ccc5c7ccccc7n(-c7ccc8ccccc8c7)c56)cccc4c3)n2)cc1. The number of aromatic nitrogens is 8. The normalized spacial score (nSPS) is 11.8. The van der Waals surface area contributed by atoms with Crippen LogP contribution in [0, 0.1) is 0 Å². The molecule has 8 nitrogen and oxygen atoms in total. The number of hydrogen-bond acceptors (Lipinski definition) is 4. The summed E-state index contributed by atoms with van der Waals surface area (Å²) in [4.78, 5) is 20.4. The van der Waals surface area contributed by atoms with Crippen molar-refractivity contribution in [1.29, 1.82) is 0 Å². The molecule has 0 atom stereocenters. The molecular formula is C108H68N8. The fourth-order valence-electron chi connectivity index (χ4n) is 18.1. The Morgan fingerprint density at radius 2 is 0.491 bits per heavy atom. The monoisotopic (exact) mass is 1480 g/mol. The molecule has 0 aliphatic heterocycles. The molecule has 8 heteroatoms. The van der Waals surface area contributed by atoms with Crippen LogP contribution in [0.5, 0.6) is 0 Å². The molecule has 0 aliphatic rings. The van der Waals surface area contributed by atoms with Crippen LogP contribution < -0.4 is 0 Å². The maximum absolute atomic E-state index is 5.14. The van der Waals surface area contributed by atoms with Gasteiger partial charge in [-0.15, -0.1) is 0 Å². The standard InChI is InChI=1S/2C54H34N4/c1-3-15-36(16-4-1)46-34-47(56-54(55-46)37-17-5-2-6-18-37)40-27-29-42-39(32-40)20-13-25-48(42)58-50-24-12-10-22-45(50)52-51(58)31-30-44-43-21-9-11-23-49(43)57(53(44)52)41-28-26-35-14-7-8-19-38(35)33-41;1-3-15-36(16-4-1)46-34-47(37-17-5-2-6-18-37)56-54(55-46)40-27-29-42-39(32-40)20-13-25-48(42)58-50-24-12-10-22-45(50)52-51(58)31-30-44-43-21-9-11-23-49(43)57(53(44)52)41-28-26-35-14-7-8-19-38(35)33-41/h2*1-34H. The maximum atomic E-state index is 5.14. The summed E-state index contributed by atoms with van der Waals surface area (Å²) in [6.07, 6.45) is 0. The molecule has 24 aromatic rings. The molecular weight excluding hydrogens is 1410 g/mol. The van der Waals surface area contributed by atoms with Gasteiger partial charge in [-0.2, -0.15) is 0 Å². The lowest BCUT2D eigenvalue weighted by molar-refractivity contribution is 1.18. The molecule has 6 aromatic heterocycles. The van der Waals surface area contributed by atoms with Gasteiger partial charge in [-0.05, 0) is 129 Å². The average molecular weight is 1480 g/mol. The topological polar surface area (TPSA) is 71.3 Å². The van der Waals surface area contributed by atoms with Crippen molar-refractivity contribution >= 4 is 130 Å². The van der Waals surface area contributed by atoms with E-state index in [1.165, 1.54) is 114 Å². The second kappa shape index (κ2) is 27.1. The molecule has 0 unspecified atom stereocenters. The number of fused-ring (bicyclic) bond motifs is 18. The first kappa shape index (κ1) is 66.2. The van der Waals surface area contributed by atoms with Crippen molar-refractivity contribution in [2.24, 2.45) is 0 Å². The van der Waals surface area contributed by atoms with Gasteiger partial charge in [-0.3, -0.25) is 0 Å². The van der Waals surface area contributed by atoms with Crippen molar-refractivity contribution in [1.82, 2.24) is 38.2 Å². The van der Waals surface area contributed by atoms with Gasteiger partial charge in [0.15, 0.2) is 11.6 Å². The highest BCUT2D eigenvalue weighted by atomic mass is 15.0. The minimum Gasteiger partial charge on any atom is -0.309 e. The molecule has 0 bridgehead atoms. The van der Waals surface area contributed by atoms with Crippen molar-refractivity contribution in [3.05, 3.63) is 413 Å². The van der Waals surface area contributed by atoms with E-state index in [0.29, 0.717) is 11.6 Å². The molecule has 0 spiro atoms. The highest BCUT2D eigenvalue weighted by molar-refractivity contribution is 6.28. The van der Waals surface area contributed by atoms with E-state index in [2.05, 4.69) is 394 Å². The number of nitrogens with zero attached hydrogens (tertiary/aromatic N) is 8. The predicted molar refractivity (Wildman–Crippen MR) is 484 cm³/mol. The summed E-state index contributed by atoms with van der Waals surface area (Å²) in [6.45, 7) is 0. The Labute approximate surface area is 667 Å². The Hall–Kier alpha value is -15.6. The Bertz CT molecular complexity index is 7480. The highest BCUT2D eigenvalue weighted by Gasteiger charge is 2.26. The molecule has 0 N–H and O–H groups in total. The second-order valence-corrected chi connectivity index (χ2v) is 30.0. The predicted octanol–water partition coefficient (Wildman–Crippen LogP) is 28.0. The summed E-state index contributed by atoms with van der Waals surface area (Å²) in [5.41, 5.74) is 23.9. The minimum atomic E-state index is 0.702. The van der Waals surface area contributed by atoms with Crippen molar-refractivity contribution in [2.45, 2.75) is 0 Å². The van der Waals surface area contributed by atoms with Crippen LogP contribution in [-0.4, -0.2) is 38.2 Å². The Morgan fingerprint density at radius 3 is 0.931 bits per heavy atom. The van der Waals surface area contributed by atoms with Crippen LogP contribution in [0.15, 0.2) is 413 Å². The molecule has 24 rings (SSSR count). The van der Waals surface area contributed by atoms with Gasteiger partial charge in [0.2, 0.25) is 0 Å². The summed E-state index contributed by atoms with van der Waals surface area (Å²) >= 11 is 0. The van der Waals surface area contributed by atoms with E-state index >= 15 is 0 Å². The molecule has 0 radical (unpaired) electrons. The van der Waals surface area contributed by atoms with E-state index in [1.54, 1.807) is 0 Å². The van der Waals surface area contributed by atoms with E-state index in [4.69, 9.17) is 19.9 Å². The van der Waals surface area contributed by atoms with E-state index in [0.717, 1.165) is 95.1 Å². The lowest BCUT2D eigenvalue weighted by Crippen LogP contribution is -1.98. The zero-order chi connectivity index (χ0) is 76.3. The summed E-state index contributed by atoms with van der Waals surface area (Å²) in [5, 5.41) is 19.5. The van der Waals surface area contributed by atoms with E-state index in [-0.39, 0.29) is 0 Å². The summed E-state index contributed by atoms with van der Waals surface area (Å²) in [6, 6.07) is 148. The molecule has 0 saturated carbocycles. The lowest BCUT2D eigenvalue weighted by atomic mass is 10.0. The van der Waals surface area contributed by atoms with E-state index < -0.39 is 0 Å². The lowest BCUT2D eigenvalue weighted by Gasteiger charge is -2.14. The van der Waals surface area contributed by atoms with Gasteiger partial charge < -0.3 is 18.3 Å². The van der Waals surface area contributed by atoms with Gasteiger partial charge in [-0.25, -0.2) is 19.9 Å². The quantitative estimate of drug-likeness (QED) is 0.137. The first-order valence-corrected chi connectivity index (χ1v) is 39.5. The molecule has 116 heavy (non-hydrogen) atoms. The number of hydrogen-bond donors (Lipinski definition) is 0. The zero-order valence-electron chi connectivity index (χ0n) is 62.8. The molecule has 0 aliphatic carbocycles. The van der Waals surface area contributed by atoms with Gasteiger partial charge in [-0.1, -0.05) is 315 Å². The maximum Gasteiger partial charge on any atom is 0.160 e. The fourth-order valence-corrected chi connectivity index (χ4v) is 18.1. The van der Waals surface area contributed by atoms with Crippen LogP contribution in [0.2, 0.25) is 0 Å². The van der Waals surface area contributed by atoms with Crippen molar-refractivity contribution in [3.63, 3.8) is 0 Å². The Kier molecular flexibility index (Phi) is 15.5. The van der Waals surface area contributed by atoms with Gasteiger partial charge in [0.1, 0.15) is 0 Å².